The smallest absolute Gasteiger partial charge is 0.462 e. The minimum Gasteiger partial charge on any atom is -0.462 e. The molecule has 0 bridgehead atoms. The van der Waals surface area contributed by atoms with Crippen LogP contribution >= 0.6 is 7.82 Å². The first-order valence-electron chi connectivity index (χ1n) is 22.7. The number of allylic oxidation sites excluding steroid dienone is 17. The number of carbonyl (C=O) groups is 2. The van der Waals surface area contributed by atoms with E-state index in [0.717, 1.165) is 77.0 Å². The fourth-order valence-electron chi connectivity index (χ4n) is 5.30. The van der Waals surface area contributed by atoms with Gasteiger partial charge in [0.25, 0.3) is 0 Å². The minimum atomic E-state index is -4.45. The van der Waals surface area contributed by atoms with Gasteiger partial charge in [-0.05, 0) is 83.5 Å². The summed E-state index contributed by atoms with van der Waals surface area (Å²) in [5, 5.41) is 10.3. The van der Waals surface area contributed by atoms with Crippen LogP contribution in [0.3, 0.4) is 0 Å². The van der Waals surface area contributed by atoms with Crippen LogP contribution < -0.4 is 0 Å². The minimum absolute atomic E-state index is 0.0153. The zero-order chi connectivity index (χ0) is 45.1. The van der Waals surface area contributed by atoms with Crippen LogP contribution in [0.1, 0.15) is 136 Å². The van der Waals surface area contributed by atoms with Crippen LogP contribution in [0.25, 0.3) is 0 Å². The Bertz CT molecular complexity index is 1420. The third-order valence-corrected chi connectivity index (χ3v) is 9.89. The zero-order valence-electron chi connectivity index (χ0n) is 38.5. The van der Waals surface area contributed by atoms with E-state index in [1.54, 1.807) is 12.2 Å². The Kier molecular flexibility index (Phi) is 38.4. The third-order valence-electron chi connectivity index (χ3n) is 8.90. The van der Waals surface area contributed by atoms with Crippen LogP contribution in [-0.2, 0) is 32.7 Å². The maximum absolute atomic E-state index is 12.7. The highest BCUT2D eigenvalue weighted by Crippen LogP contribution is 2.43. The van der Waals surface area contributed by atoms with Crippen molar-refractivity contribution in [2.24, 2.45) is 0 Å². The number of esters is 2. The lowest BCUT2D eigenvalue weighted by Crippen LogP contribution is -2.37. The van der Waals surface area contributed by atoms with Gasteiger partial charge < -0.3 is 24.0 Å². The Morgan fingerprint density at radius 1 is 0.607 bits per heavy atom. The van der Waals surface area contributed by atoms with E-state index < -0.39 is 38.6 Å². The zero-order valence-corrected chi connectivity index (χ0v) is 39.4. The fourth-order valence-corrected chi connectivity index (χ4v) is 6.05. The van der Waals surface area contributed by atoms with Crippen molar-refractivity contribution in [3.63, 3.8) is 0 Å². The molecule has 0 aromatic rings. The molecule has 2 N–H and O–H groups in total. The quantitative estimate of drug-likeness (QED) is 0.0155. The molecule has 0 aromatic carbocycles. The molecule has 346 valence electrons. The first-order chi connectivity index (χ1) is 29.4. The van der Waals surface area contributed by atoms with Gasteiger partial charge in [-0.1, -0.05) is 149 Å². The van der Waals surface area contributed by atoms with Crippen molar-refractivity contribution in [1.82, 2.24) is 0 Å². The number of carbonyl (C=O) groups excluding carboxylic acids is 2. The summed E-state index contributed by atoms with van der Waals surface area (Å²) in [5.74, 6) is -1.12. The summed E-state index contributed by atoms with van der Waals surface area (Å²) in [4.78, 5) is 35.4. The lowest BCUT2D eigenvalue weighted by Gasteiger charge is -2.24. The van der Waals surface area contributed by atoms with Crippen LogP contribution in [0.4, 0.5) is 0 Å². The molecule has 0 amide bonds. The molecule has 0 aliphatic heterocycles. The van der Waals surface area contributed by atoms with E-state index in [1.165, 1.54) is 19.3 Å². The van der Waals surface area contributed by atoms with E-state index in [9.17, 15) is 24.2 Å². The summed E-state index contributed by atoms with van der Waals surface area (Å²) in [6, 6.07) is 0. The molecule has 0 spiro atoms. The normalized spacial score (nSPS) is 15.1. The molecule has 0 aliphatic carbocycles. The van der Waals surface area contributed by atoms with Gasteiger partial charge in [0.05, 0.1) is 33.9 Å². The van der Waals surface area contributed by atoms with Gasteiger partial charge in [0.2, 0.25) is 0 Å². The molecule has 0 saturated heterocycles. The molecular weight excluding hydrogens is 790 g/mol. The number of rotatable bonds is 39. The summed E-state index contributed by atoms with van der Waals surface area (Å²) in [5.41, 5.74) is 0. The number of aliphatic hydroxyl groups excluding tert-OH is 1. The predicted molar refractivity (Wildman–Crippen MR) is 253 cm³/mol. The Morgan fingerprint density at radius 2 is 1.13 bits per heavy atom. The van der Waals surface area contributed by atoms with Crippen molar-refractivity contribution in [3.8, 4) is 0 Å². The summed E-state index contributed by atoms with van der Waals surface area (Å²) in [7, 11) is 1.32. The summed E-state index contributed by atoms with van der Waals surface area (Å²) in [6.07, 6.45) is 51.8. The van der Waals surface area contributed by atoms with Crippen molar-refractivity contribution in [2.45, 2.75) is 148 Å². The highest BCUT2D eigenvalue weighted by Gasteiger charge is 2.27. The molecule has 0 aromatic heterocycles. The topological polar surface area (TPSA) is 129 Å². The third kappa shape index (κ3) is 44.5. The van der Waals surface area contributed by atoms with Crippen LogP contribution in [0.5, 0.6) is 0 Å². The van der Waals surface area contributed by atoms with Crippen LogP contribution in [-0.4, -0.2) is 86.1 Å². The molecule has 11 heteroatoms. The maximum atomic E-state index is 12.7. The molecule has 0 heterocycles. The standard InChI is InChI=1S/C50H82NO9P/c1-6-8-10-12-14-16-18-20-22-24-26-28-30-32-34-36-38-40-50(54)60-48(46-59-61(55,56)58-44-43-51(3,4)5)45-57-49(53)42-41-47(52)39-37-35-33-31-29-27-25-23-21-19-17-15-13-11-9-7-2/h9,11,14-17,20-23,26-29,33,35,37,39,47-48,52H,6-8,10,12-13,18-19,24-25,30-32,34,36,38,40-46H2,1-5H3/p+1/b11-9-,16-14-,17-15-,22-20-,23-21-,28-26-,29-27-,35-33-,39-37-/t47?,48-/m1/s1. The highest BCUT2D eigenvalue weighted by atomic mass is 31.2. The number of nitrogens with zero attached hydrogens (tertiary/aromatic N) is 1. The molecule has 0 radical (unpaired) electrons. The number of hydrogen-bond donors (Lipinski definition) is 2. The number of likely N-dealkylation sites (N-methyl/N-ethyl adjacent to an activating group) is 1. The molecule has 10 nitrogen and oxygen atoms in total. The van der Waals surface area contributed by atoms with Gasteiger partial charge >= 0.3 is 19.8 Å². The number of aliphatic hydroxyl groups is 1. The van der Waals surface area contributed by atoms with E-state index >= 15 is 0 Å². The van der Waals surface area contributed by atoms with Gasteiger partial charge in [0, 0.05) is 12.8 Å². The Labute approximate surface area is 370 Å². The number of phosphoric acid groups is 1. The molecule has 3 atom stereocenters. The van der Waals surface area contributed by atoms with Crippen molar-refractivity contribution < 1.29 is 47.2 Å². The maximum Gasteiger partial charge on any atom is 0.472 e. The number of quaternary nitrogens is 1. The first-order valence-corrected chi connectivity index (χ1v) is 24.2. The molecule has 0 aliphatic rings. The Balaban J connectivity index is 4.64. The van der Waals surface area contributed by atoms with E-state index in [0.29, 0.717) is 17.4 Å². The fraction of sp³-hybridized carbons (Fsp3) is 0.600. The van der Waals surface area contributed by atoms with Gasteiger partial charge in [-0.25, -0.2) is 4.57 Å². The van der Waals surface area contributed by atoms with Gasteiger partial charge in [-0.15, -0.1) is 0 Å². The van der Waals surface area contributed by atoms with E-state index in [4.69, 9.17) is 18.5 Å². The average molecular weight is 873 g/mol. The molecule has 0 rings (SSSR count). The van der Waals surface area contributed by atoms with Crippen molar-refractivity contribution in [3.05, 3.63) is 109 Å². The molecule has 0 fully saturated rings. The second-order valence-electron chi connectivity index (χ2n) is 15.9. The van der Waals surface area contributed by atoms with Gasteiger partial charge in [-0.3, -0.25) is 18.6 Å². The lowest BCUT2D eigenvalue weighted by atomic mass is 10.1. The molecule has 61 heavy (non-hydrogen) atoms. The molecule has 2 unspecified atom stereocenters. The summed E-state index contributed by atoms with van der Waals surface area (Å²) >= 11 is 0. The largest absolute Gasteiger partial charge is 0.472 e. The van der Waals surface area contributed by atoms with E-state index in [1.807, 2.05) is 33.3 Å². The average Bonchev–Trinajstić information content (AvgIpc) is 3.21. The van der Waals surface area contributed by atoms with Gasteiger partial charge in [-0.2, -0.15) is 0 Å². The summed E-state index contributed by atoms with van der Waals surface area (Å²) in [6.45, 7) is 3.94. The number of hydrogen-bond acceptors (Lipinski definition) is 8. The first kappa shape index (κ1) is 57.6. The Hall–Kier alpha value is -3.37. The SMILES string of the molecule is CC/C=C\C/C=C\C/C=C\C/C=C\C/C=C\C=C/C(O)CCC(=O)OC[C@H](COP(=O)(O)OCC[N+](C)(C)C)OC(=O)CCCCCC/C=C\C/C=C\C/C=C\CCCCC. The van der Waals surface area contributed by atoms with Crippen molar-refractivity contribution >= 4 is 19.8 Å². The number of unbranched alkanes of at least 4 members (excludes halogenated alkanes) is 7. The van der Waals surface area contributed by atoms with E-state index in [2.05, 4.69) is 98.9 Å². The van der Waals surface area contributed by atoms with Crippen LogP contribution in [0.2, 0.25) is 0 Å². The van der Waals surface area contributed by atoms with Crippen molar-refractivity contribution in [2.75, 3.05) is 47.5 Å². The van der Waals surface area contributed by atoms with Crippen LogP contribution in [0, 0.1) is 0 Å². The second kappa shape index (κ2) is 40.7. The summed E-state index contributed by atoms with van der Waals surface area (Å²) < 4.78 is 34.1. The number of phosphoric ester groups is 1. The second-order valence-corrected chi connectivity index (χ2v) is 17.3. The van der Waals surface area contributed by atoms with Gasteiger partial charge in [0.1, 0.15) is 19.8 Å². The van der Waals surface area contributed by atoms with Crippen molar-refractivity contribution in [1.29, 1.82) is 0 Å². The monoisotopic (exact) mass is 873 g/mol. The predicted octanol–water partition coefficient (Wildman–Crippen LogP) is 12.1. The highest BCUT2D eigenvalue weighted by molar-refractivity contribution is 7.47. The lowest BCUT2D eigenvalue weighted by molar-refractivity contribution is -0.870. The van der Waals surface area contributed by atoms with Gasteiger partial charge in [0.15, 0.2) is 6.10 Å². The Morgan fingerprint density at radius 3 is 1.69 bits per heavy atom. The molecular formula is C50H83NO9P+. The van der Waals surface area contributed by atoms with E-state index in [-0.39, 0.29) is 32.5 Å². The molecule has 0 saturated carbocycles. The number of ether oxygens (including phenoxy) is 2. The van der Waals surface area contributed by atoms with Crippen LogP contribution in [0.15, 0.2) is 109 Å².